The first-order valence-corrected chi connectivity index (χ1v) is 12.0. The summed E-state index contributed by atoms with van der Waals surface area (Å²) in [5.41, 5.74) is 1.31. The molecule has 0 bridgehead atoms. The third-order valence-electron chi connectivity index (χ3n) is 5.56. The quantitative estimate of drug-likeness (QED) is 0.126. The van der Waals surface area contributed by atoms with E-state index in [1.807, 2.05) is 25.1 Å². The number of fused-ring (bicyclic) bond motifs is 1. The van der Waals surface area contributed by atoms with Crippen LogP contribution < -0.4 is 4.74 Å². The molecule has 39 heavy (non-hydrogen) atoms. The number of aryl methyl sites for hydroxylation is 1. The lowest BCUT2D eigenvalue weighted by Gasteiger charge is -2.19. The molecule has 10 heteroatoms. The average Bonchev–Trinajstić information content (AvgIpc) is 3.28. The largest absolute Gasteiger partial charge is 0.432 e. The molecule has 0 atom stereocenters. The van der Waals surface area contributed by atoms with Gasteiger partial charge in [0.1, 0.15) is 28.0 Å². The molecule has 2 nitrogen and oxygen atoms in total. The molecular weight excluding hydrogens is 543 g/mol. The minimum absolute atomic E-state index is 0.130. The van der Waals surface area contributed by atoms with E-state index in [4.69, 9.17) is 0 Å². The molecule has 1 heterocycles. The number of rotatable bonds is 4. The Morgan fingerprint density at radius 3 is 2.00 bits per heavy atom. The number of halogens is 7. The van der Waals surface area contributed by atoms with Crippen molar-refractivity contribution in [3.8, 4) is 28.2 Å². The van der Waals surface area contributed by atoms with Crippen LogP contribution in [0.3, 0.4) is 0 Å². The van der Waals surface area contributed by atoms with Gasteiger partial charge in [-0.3, -0.25) is 0 Å². The second-order valence-corrected chi connectivity index (χ2v) is 9.48. The minimum Gasteiger partial charge on any atom is -0.429 e. The first-order chi connectivity index (χ1) is 18.5. The van der Waals surface area contributed by atoms with Gasteiger partial charge in [0.05, 0.1) is 10.2 Å². The van der Waals surface area contributed by atoms with E-state index in [9.17, 15) is 30.7 Å². The molecule has 0 saturated heterocycles. The maximum Gasteiger partial charge on any atom is 0.432 e. The van der Waals surface area contributed by atoms with E-state index in [1.165, 1.54) is 11.3 Å². The monoisotopic (exact) mass is 557 g/mol. The lowest BCUT2D eigenvalue weighted by Crippen LogP contribution is -2.25. The van der Waals surface area contributed by atoms with E-state index in [2.05, 4.69) is 21.6 Å². The zero-order chi connectivity index (χ0) is 27.9. The van der Waals surface area contributed by atoms with Crippen LogP contribution in [0.2, 0.25) is 0 Å². The molecule has 0 saturated carbocycles. The van der Waals surface area contributed by atoms with Gasteiger partial charge in [0.2, 0.25) is 0 Å². The summed E-state index contributed by atoms with van der Waals surface area (Å²) in [6.45, 7) is 2.00. The van der Waals surface area contributed by atoms with Gasteiger partial charge < -0.3 is 4.74 Å². The van der Waals surface area contributed by atoms with Crippen molar-refractivity contribution >= 4 is 21.6 Å². The number of thiazole rings is 1. The SMILES string of the molecule is Cc1ccc2nc(-c3ccc(C#Cc4cc(F)c(C(F)(F)Oc5cc(F)c(F)c(F)c5)c(F)c4)cc3)sc2c1. The number of aromatic nitrogens is 1. The van der Waals surface area contributed by atoms with Gasteiger partial charge in [0.25, 0.3) is 0 Å². The van der Waals surface area contributed by atoms with Crippen molar-refractivity contribution in [3.05, 3.63) is 118 Å². The van der Waals surface area contributed by atoms with Crippen LogP contribution in [0.5, 0.6) is 5.75 Å². The molecule has 0 fully saturated rings. The Balaban J connectivity index is 1.36. The highest BCUT2D eigenvalue weighted by Gasteiger charge is 2.41. The molecule has 5 aromatic rings. The number of ether oxygens (including phenoxy) is 1. The summed E-state index contributed by atoms with van der Waals surface area (Å²) >= 11 is 1.53. The second kappa shape index (κ2) is 10.1. The summed E-state index contributed by atoms with van der Waals surface area (Å²) in [5.74, 6) is -4.88. The van der Waals surface area contributed by atoms with E-state index in [0.717, 1.165) is 26.4 Å². The molecule has 0 aliphatic heterocycles. The topological polar surface area (TPSA) is 22.1 Å². The normalized spacial score (nSPS) is 11.4. The van der Waals surface area contributed by atoms with Crippen molar-refractivity contribution in [2.75, 3.05) is 0 Å². The van der Waals surface area contributed by atoms with Gasteiger partial charge in [0, 0.05) is 28.8 Å². The molecule has 5 rings (SSSR count). The summed E-state index contributed by atoms with van der Waals surface area (Å²) in [5, 5.41) is 0.809. The van der Waals surface area contributed by atoms with Crippen LogP contribution in [0.15, 0.2) is 66.7 Å². The van der Waals surface area contributed by atoms with Crippen LogP contribution in [0.1, 0.15) is 22.3 Å². The number of alkyl halides is 2. The molecule has 196 valence electrons. The maximum absolute atomic E-state index is 14.5. The fourth-order valence-corrected chi connectivity index (χ4v) is 4.78. The molecule has 0 radical (unpaired) electrons. The molecule has 0 aliphatic carbocycles. The fourth-order valence-electron chi connectivity index (χ4n) is 3.71. The molecule has 0 N–H and O–H groups in total. The second-order valence-electron chi connectivity index (χ2n) is 8.45. The van der Waals surface area contributed by atoms with Gasteiger partial charge in [-0.05, 0) is 48.9 Å². The van der Waals surface area contributed by atoms with Crippen molar-refractivity contribution in [3.63, 3.8) is 0 Å². The summed E-state index contributed by atoms with van der Waals surface area (Å²) in [6, 6.07) is 14.3. The molecule has 0 spiro atoms. The van der Waals surface area contributed by atoms with Gasteiger partial charge >= 0.3 is 6.11 Å². The molecule has 0 unspecified atom stereocenters. The van der Waals surface area contributed by atoms with Crippen LogP contribution in [0.25, 0.3) is 20.8 Å². The minimum atomic E-state index is -4.67. The predicted octanol–water partition coefficient (Wildman–Crippen LogP) is 8.50. The standard InChI is InChI=1S/C29H14F7NOS/c1-15-2-9-24-25(10-15)39-28(37-24)18-7-5-16(6-8-18)3-4-17-11-20(30)26(21(31)12-17)29(35,36)38-19-13-22(32)27(34)23(33)14-19/h2,5-14H,1H3. The summed E-state index contributed by atoms with van der Waals surface area (Å²) < 4.78 is 103. The highest BCUT2D eigenvalue weighted by Crippen LogP contribution is 2.36. The average molecular weight is 557 g/mol. The van der Waals surface area contributed by atoms with Crippen LogP contribution in [-0.2, 0) is 6.11 Å². The highest BCUT2D eigenvalue weighted by molar-refractivity contribution is 7.21. The summed E-state index contributed by atoms with van der Waals surface area (Å²) in [4.78, 5) is 4.61. The lowest BCUT2D eigenvalue weighted by molar-refractivity contribution is -0.189. The third kappa shape index (κ3) is 5.45. The first-order valence-electron chi connectivity index (χ1n) is 11.2. The van der Waals surface area contributed by atoms with Gasteiger partial charge in [-0.25, -0.2) is 26.9 Å². The number of hydrogen-bond donors (Lipinski definition) is 0. The first kappa shape index (κ1) is 26.3. The molecular formula is C29H14F7NOS. The van der Waals surface area contributed by atoms with Gasteiger partial charge in [0.15, 0.2) is 17.5 Å². The van der Waals surface area contributed by atoms with Gasteiger partial charge in [-0.1, -0.05) is 30.0 Å². The van der Waals surface area contributed by atoms with E-state index >= 15 is 0 Å². The van der Waals surface area contributed by atoms with Crippen LogP contribution in [-0.4, -0.2) is 4.98 Å². The summed E-state index contributed by atoms with van der Waals surface area (Å²) in [7, 11) is 0. The van der Waals surface area contributed by atoms with Crippen LogP contribution in [0, 0.1) is 47.9 Å². The number of hydrogen-bond acceptors (Lipinski definition) is 3. The van der Waals surface area contributed by atoms with Gasteiger partial charge in [-0.15, -0.1) is 11.3 Å². The zero-order valence-electron chi connectivity index (χ0n) is 19.8. The fraction of sp³-hybridized carbons (Fsp3) is 0.0690. The highest BCUT2D eigenvalue weighted by atomic mass is 32.1. The van der Waals surface area contributed by atoms with Crippen LogP contribution in [0.4, 0.5) is 30.7 Å². The molecule has 0 amide bonds. The Morgan fingerprint density at radius 2 is 1.36 bits per heavy atom. The van der Waals surface area contributed by atoms with Crippen molar-refractivity contribution < 1.29 is 35.5 Å². The lowest BCUT2D eigenvalue weighted by atomic mass is 10.1. The molecule has 4 aromatic carbocycles. The van der Waals surface area contributed by atoms with Crippen LogP contribution >= 0.6 is 11.3 Å². The Bertz CT molecular complexity index is 1740. The third-order valence-corrected chi connectivity index (χ3v) is 6.63. The number of benzene rings is 4. The van der Waals surface area contributed by atoms with Crippen molar-refractivity contribution in [1.29, 1.82) is 0 Å². The Hall–Kier alpha value is -4.36. The maximum atomic E-state index is 14.5. The van der Waals surface area contributed by atoms with Crippen molar-refractivity contribution in [1.82, 2.24) is 4.98 Å². The Kier molecular flexibility index (Phi) is 6.78. The molecule has 0 aliphatic rings. The van der Waals surface area contributed by atoms with E-state index < -0.39 is 46.5 Å². The predicted molar refractivity (Wildman–Crippen MR) is 133 cm³/mol. The van der Waals surface area contributed by atoms with Gasteiger partial charge in [-0.2, -0.15) is 8.78 Å². The van der Waals surface area contributed by atoms with E-state index in [1.54, 1.807) is 24.3 Å². The van der Waals surface area contributed by atoms with Crippen molar-refractivity contribution in [2.24, 2.45) is 0 Å². The molecule has 1 aromatic heterocycles. The summed E-state index contributed by atoms with van der Waals surface area (Å²) in [6.07, 6.45) is -4.67. The smallest absolute Gasteiger partial charge is 0.429 e. The van der Waals surface area contributed by atoms with E-state index in [-0.39, 0.29) is 17.7 Å². The Morgan fingerprint density at radius 1 is 0.744 bits per heavy atom. The number of nitrogens with zero attached hydrogens (tertiary/aromatic N) is 1. The van der Waals surface area contributed by atoms with Crippen molar-refractivity contribution in [2.45, 2.75) is 13.0 Å². The zero-order valence-corrected chi connectivity index (χ0v) is 20.6. The Labute approximate surface area is 221 Å². The van der Waals surface area contributed by atoms with E-state index in [0.29, 0.717) is 17.7 Å².